The highest BCUT2D eigenvalue weighted by molar-refractivity contribution is 5.94. The molecule has 0 atom stereocenters. The molecule has 4 rings (SSSR count). The predicted octanol–water partition coefficient (Wildman–Crippen LogP) is 4.54. The second-order valence-corrected chi connectivity index (χ2v) is 8.83. The van der Waals surface area contributed by atoms with Crippen molar-refractivity contribution in [2.75, 3.05) is 34.3 Å². The van der Waals surface area contributed by atoms with E-state index in [2.05, 4.69) is 46.3 Å². The van der Waals surface area contributed by atoms with Gasteiger partial charge in [-0.05, 0) is 50.0 Å². The highest BCUT2D eigenvalue weighted by atomic mass is 16.5. The quantitative estimate of drug-likeness (QED) is 0.559. The average molecular weight is 445 g/mol. The first-order valence-corrected chi connectivity index (χ1v) is 11.5. The molecular weight excluding hydrogens is 412 g/mol. The van der Waals surface area contributed by atoms with Gasteiger partial charge in [-0.2, -0.15) is 0 Å². The minimum atomic E-state index is -0.0532. The van der Waals surface area contributed by atoms with Gasteiger partial charge in [0.1, 0.15) is 11.6 Å². The molecule has 33 heavy (non-hydrogen) atoms. The minimum absolute atomic E-state index is 0.0532. The molecular formula is C27H32N4O2. The summed E-state index contributed by atoms with van der Waals surface area (Å²) in [7, 11) is 5.22. The van der Waals surface area contributed by atoms with Crippen LogP contribution in [0.5, 0.6) is 5.75 Å². The summed E-state index contributed by atoms with van der Waals surface area (Å²) in [5.74, 6) is 2.03. The van der Waals surface area contributed by atoms with Crippen LogP contribution in [0.15, 0.2) is 54.7 Å². The van der Waals surface area contributed by atoms with Crippen LogP contribution < -0.4 is 4.74 Å². The fraction of sp³-hybridized carbons (Fsp3) is 0.370. The topological polar surface area (TPSA) is 58.6 Å². The van der Waals surface area contributed by atoms with Gasteiger partial charge in [0.15, 0.2) is 0 Å². The summed E-state index contributed by atoms with van der Waals surface area (Å²) in [5.41, 5.74) is 4.99. The molecule has 0 unspecified atom stereocenters. The molecule has 2 heterocycles. The Morgan fingerprint density at radius 2 is 1.73 bits per heavy atom. The fourth-order valence-corrected chi connectivity index (χ4v) is 4.51. The Morgan fingerprint density at radius 3 is 2.39 bits per heavy atom. The van der Waals surface area contributed by atoms with Crippen LogP contribution in [0, 0.1) is 6.92 Å². The smallest absolute Gasteiger partial charge is 0.256 e. The molecule has 0 N–H and O–H groups in total. The standard InChI is InChI=1S/C27H32N4O2/c1-19-24(27(32)30(2)3)17-28-26(29-19)20-13-15-31(16-14-20)18-21-9-5-6-10-22(21)23-11-7-8-12-25(23)33-4/h5-12,17,20H,13-16,18H2,1-4H3. The number of methoxy groups -OCH3 is 1. The lowest BCUT2D eigenvalue weighted by molar-refractivity contribution is 0.0825. The first kappa shape index (κ1) is 22.9. The molecule has 0 aliphatic carbocycles. The summed E-state index contributed by atoms with van der Waals surface area (Å²) in [6.45, 7) is 4.78. The summed E-state index contributed by atoms with van der Waals surface area (Å²) >= 11 is 0. The summed E-state index contributed by atoms with van der Waals surface area (Å²) in [4.78, 5) is 25.6. The van der Waals surface area contributed by atoms with Gasteiger partial charge in [-0.1, -0.05) is 42.5 Å². The predicted molar refractivity (Wildman–Crippen MR) is 130 cm³/mol. The number of nitrogens with zero attached hydrogens (tertiary/aromatic N) is 4. The van der Waals surface area contributed by atoms with Crippen molar-refractivity contribution in [1.82, 2.24) is 19.8 Å². The Morgan fingerprint density at radius 1 is 1.06 bits per heavy atom. The van der Waals surface area contributed by atoms with Crippen molar-refractivity contribution < 1.29 is 9.53 Å². The van der Waals surface area contributed by atoms with E-state index in [1.54, 1.807) is 32.3 Å². The van der Waals surface area contributed by atoms with Crippen LogP contribution in [0.1, 0.15) is 46.2 Å². The van der Waals surface area contributed by atoms with Crippen LogP contribution in [-0.2, 0) is 6.54 Å². The Kier molecular flexibility index (Phi) is 7.04. The molecule has 1 amide bonds. The number of para-hydroxylation sites is 1. The van der Waals surface area contributed by atoms with Crippen molar-refractivity contribution in [3.8, 4) is 16.9 Å². The largest absolute Gasteiger partial charge is 0.496 e. The molecule has 6 heteroatoms. The van der Waals surface area contributed by atoms with Crippen LogP contribution in [0.4, 0.5) is 0 Å². The first-order valence-electron chi connectivity index (χ1n) is 11.5. The maximum absolute atomic E-state index is 12.3. The van der Waals surface area contributed by atoms with Gasteiger partial charge < -0.3 is 9.64 Å². The molecule has 1 aliphatic heterocycles. The zero-order chi connectivity index (χ0) is 23.4. The molecule has 6 nitrogen and oxygen atoms in total. The van der Waals surface area contributed by atoms with Gasteiger partial charge >= 0.3 is 0 Å². The normalized spacial score (nSPS) is 14.8. The van der Waals surface area contributed by atoms with Crippen molar-refractivity contribution in [3.05, 3.63) is 77.4 Å². The third-order valence-electron chi connectivity index (χ3n) is 6.40. The Balaban J connectivity index is 1.44. The van der Waals surface area contributed by atoms with Crippen molar-refractivity contribution in [2.45, 2.75) is 32.2 Å². The number of hydrogen-bond acceptors (Lipinski definition) is 5. The van der Waals surface area contributed by atoms with Gasteiger partial charge in [0.2, 0.25) is 0 Å². The van der Waals surface area contributed by atoms with E-state index in [1.807, 2.05) is 19.1 Å². The Bertz CT molecular complexity index is 1120. The van der Waals surface area contributed by atoms with Crippen molar-refractivity contribution in [2.24, 2.45) is 0 Å². The van der Waals surface area contributed by atoms with Crippen molar-refractivity contribution in [1.29, 1.82) is 0 Å². The van der Waals surface area contributed by atoms with Crippen molar-refractivity contribution >= 4 is 5.91 Å². The first-order chi connectivity index (χ1) is 16.0. The Hall–Kier alpha value is -3.25. The molecule has 0 bridgehead atoms. The van der Waals surface area contributed by atoms with Gasteiger partial charge in [0.05, 0.1) is 18.4 Å². The van der Waals surface area contributed by atoms with Gasteiger partial charge in [-0.25, -0.2) is 9.97 Å². The minimum Gasteiger partial charge on any atom is -0.496 e. The lowest BCUT2D eigenvalue weighted by Gasteiger charge is -2.32. The molecule has 0 saturated carbocycles. The average Bonchev–Trinajstić information content (AvgIpc) is 2.84. The number of rotatable bonds is 6. The van der Waals surface area contributed by atoms with E-state index in [0.717, 1.165) is 55.3 Å². The zero-order valence-electron chi connectivity index (χ0n) is 19.9. The number of aryl methyl sites for hydroxylation is 1. The molecule has 1 fully saturated rings. The lowest BCUT2D eigenvalue weighted by Crippen LogP contribution is -2.33. The molecule has 1 saturated heterocycles. The molecule has 3 aromatic rings. The monoisotopic (exact) mass is 444 g/mol. The van der Waals surface area contributed by atoms with Crippen LogP contribution in [0.2, 0.25) is 0 Å². The van der Waals surface area contributed by atoms with E-state index in [9.17, 15) is 4.79 Å². The lowest BCUT2D eigenvalue weighted by atomic mass is 9.94. The van der Waals surface area contributed by atoms with Gasteiger partial charge in [-0.3, -0.25) is 9.69 Å². The van der Waals surface area contributed by atoms with E-state index in [0.29, 0.717) is 11.5 Å². The van der Waals surface area contributed by atoms with E-state index < -0.39 is 0 Å². The van der Waals surface area contributed by atoms with Crippen LogP contribution in [0.25, 0.3) is 11.1 Å². The van der Waals surface area contributed by atoms with E-state index in [-0.39, 0.29) is 5.91 Å². The number of hydrogen-bond donors (Lipinski definition) is 0. The molecule has 1 aromatic heterocycles. The van der Waals surface area contributed by atoms with E-state index in [4.69, 9.17) is 9.72 Å². The molecule has 0 spiro atoms. The van der Waals surface area contributed by atoms with Gasteiger partial charge in [0, 0.05) is 38.3 Å². The second kappa shape index (κ2) is 10.1. The number of carbonyl (C=O) groups is 1. The summed E-state index contributed by atoms with van der Waals surface area (Å²) < 4.78 is 5.60. The second-order valence-electron chi connectivity index (χ2n) is 8.83. The maximum Gasteiger partial charge on any atom is 0.256 e. The highest BCUT2D eigenvalue weighted by Crippen LogP contribution is 2.34. The summed E-state index contributed by atoms with van der Waals surface area (Å²) in [6.07, 6.45) is 3.71. The number of carbonyl (C=O) groups excluding carboxylic acids is 1. The number of amides is 1. The van der Waals surface area contributed by atoms with Crippen LogP contribution >= 0.6 is 0 Å². The summed E-state index contributed by atoms with van der Waals surface area (Å²) in [5, 5.41) is 0. The number of ether oxygens (including phenoxy) is 1. The van der Waals surface area contributed by atoms with Crippen LogP contribution in [0.3, 0.4) is 0 Å². The number of likely N-dealkylation sites (tertiary alicyclic amines) is 1. The number of aromatic nitrogens is 2. The summed E-state index contributed by atoms with van der Waals surface area (Å²) in [6, 6.07) is 16.8. The fourth-order valence-electron chi connectivity index (χ4n) is 4.51. The molecule has 2 aromatic carbocycles. The van der Waals surface area contributed by atoms with Gasteiger partial charge in [0.25, 0.3) is 5.91 Å². The van der Waals surface area contributed by atoms with E-state index >= 15 is 0 Å². The SMILES string of the molecule is COc1ccccc1-c1ccccc1CN1CCC(c2ncc(C(=O)N(C)C)c(C)n2)CC1. The van der Waals surface area contributed by atoms with Gasteiger partial charge in [-0.15, -0.1) is 0 Å². The highest BCUT2D eigenvalue weighted by Gasteiger charge is 2.25. The number of benzene rings is 2. The number of piperidine rings is 1. The molecule has 1 aliphatic rings. The van der Waals surface area contributed by atoms with Crippen molar-refractivity contribution in [3.63, 3.8) is 0 Å². The molecule has 0 radical (unpaired) electrons. The Labute approximate surface area is 196 Å². The maximum atomic E-state index is 12.3. The third kappa shape index (κ3) is 5.06. The van der Waals surface area contributed by atoms with Crippen LogP contribution in [-0.4, -0.2) is 60.0 Å². The zero-order valence-corrected chi connectivity index (χ0v) is 19.9. The van der Waals surface area contributed by atoms with E-state index in [1.165, 1.54) is 11.1 Å². The third-order valence-corrected chi connectivity index (χ3v) is 6.40. The molecule has 172 valence electrons.